The third-order valence-electron chi connectivity index (χ3n) is 3.52. The zero-order valence-corrected chi connectivity index (χ0v) is 13.6. The molecule has 0 aliphatic carbocycles. The average Bonchev–Trinajstić information content (AvgIpc) is 2.60. The maximum atomic E-state index is 11.9. The number of nitriles is 1. The van der Waals surface area contributed by atoms with E-state index in [0.717, 1.165) is 11.1 Å². The third-order valence-corrected chi connectivity index (χ3v) is 3.52. The minimum atomic E-state index is -0.634. The Bertz CT molecular complexity index is 776. The molecule has 0 bridgehead atoms. The number of rotatable bonds is 5. The Morgan fingerprint density at radius 1 is 1.21 bits per heavy atom. The van der Waals surface area contributed by atoms with Crippen LogP contribution in [-0.2, 0) is 9.53 Å². The van der Waals surface area contributed by atoms with Crippen LogP contribution in [0.4, 0.5) is 0 Å². The highest BCUT2D eigenvalue weighted by atomic mass is 16.5. The van der Waals surface area contributed by atoms with Crippen molar-refractivity contribution < 1.29 is 14.3 Å². The van der Waals surface area contributed by atoms with Crippen molar-refractivity contribution in [2.45, 2.75) is 19.9 Å². The molecule has 2 aromatic rings. The molecule has 0 saturated carbocycles. The Labute approximate surface area is 140 Å². The number of aryl methyl sites for hydroxylation is 1. The van der Waals surface area contributed by atoms with Crippen molar-refractivity contribution in [1.29, 1.82) is 5.26 Å². The second kappa shape index (κ2) is 7.93. The molecule has 0 heterocycles. The first-order valence-electron chi connectivity index (χ1n) is 7.53. The van der Waals surface area contributed by atoms with Crippen LogP contribution in [0.5, 0.6) is 0 Å². The van der Waals surface area contributed by atoms with Crippen LogP contribution in [0.25, 0.3) is 0 Å². The first-order chi connectivity index (χ1) is 11.5. The molecule has 1 atom stereocenters. The van der Waals surface area contributed by atoms with Gasteiger partial charge in [-0.2, -0.15) is 5.26 Å². The molecule has 5 nitrogen and oxygen atoms in total. The number of amides is 1. The molecular weight excluding hydrogens is 304 g/mol. The quantitative estimate of drug-likeness (QED) is 0.858. The van der Waals surface area contributed by atoms with Gasteiger partial charge in [-0.3, -0.25) is 4.79 Å². The average molecular weight is 322 g/mol. The number of nitrogens with zero attached hydrogens (tertiary/aromatic N) is 1. The van der Waals surface area contributed by atoms with Crippen LogP contribution in [0, 0.1) is 18.3 Å². The molecule has 5 heteroatoms. The fourth-order valence-electron chi connectivity index (χ4n) is 2.15. The number of carbonyl (C=O) groups is 2. The van der Waals surface area contributed by atoms with Gasteiger partial charge in [-0.25, -0.2) is 4.79 Å². The predicted octanol–water partition coefficient (Wildman–Crippen LogP) is 2.90. The van der Waals surface area contributed by atoms with E-state index >= 15 is 0 Å². The van der Waals surface area contributed by atoms with Crippen LogP contribution in [0.3, 0.4) is 0 Å². The van der Waals surface area contributed by atoms with E-state index in [1.165, 1.54) is 12.1 Å². The number of hydrogen-bond acceptors (Lipinski definition) is 4. The third kappa shape index (κ3) is 4.68. The molecular formula is C19H18N2O3. The fraction of sp³-hybridized carbons (Fsp3) is 0.211. The summed E-state index contributed by atoms with van der Waals surface area (Å²) in [5.41, 5.74) is 2.73. The maximum Gasteiger partial charge on any atom is 0.338 e. The lowest BCUT2D eigenvalue weighted by molar-refractivity contribution is -0.124. The molecule has 122 valence electrons. The number of carbonyl (C=O) groups excluding carboxylic acids is 2. The van der Waals surface area contributed by atoms with Gasteiger partial charge in [0.25, 0.3) is 5.91 Å². The molecule has 24 heavy (non-hydrogen) atoms. The van der Waals surface area contributed by atoms with Crippen molar-refractivity contribution in [3.8, 4) is 6.07 Å². The first-order valence-corrected chi connectivity index (χ1v) is 7.53. The summed E-state index contributed by atoms with van der Waals surface area (Å²) in [6.45, 7) is 3.49. The van der Waals surface area contributed by atoms with Gasteiger partial charge in [0, 0.05) is 0 Å². The van der Waals surface area contributed by atoms with E-state index in [1.54, 1.807) is 12.1 Å². The minimum absolute atomic E-state index is 0.182. The number of hydrogen-bond donors (Lipinski definition) is 1. The number of benzene rings is 2. The van der Waals surface area contributed by atoms with Gasteiger partial charge in [0.05, 0.1) is 23.2 Å². The van der Waals surface area contributed by atoms with Gasteiger partial charge in [0.15, 0.2) is 6.61 Å². The summed E-state index contributed by atoms with van der Waals surface area (Å²) >= 11 is 0. The zero-order valence-electron chi connectivity index (χ0n) is 13.6. The highest BCUT2D eigenvalue weighted by Crippen LogP contribution is 2.13. The molecule has 0 aliphatic heterocycles. The van der Waals surface area contributed by atoms with Crippen molar-refractivity contribution in [3.63, 3.8) is 0 Å². The van der Waals surface area contributed by atoms with Crippen LogP contribution in [0.1, 0.15) is 40.0 Å². The van der Waals surface area contributed by atoms with Crippen LogP contribution in [-0.4, -0.2) is 18.5 Å². The molecule has 0 aromatic heterocycles. The molecule has 1 N–H and O–H groups in total. The van der Waals surface area contributed by atoms with Crippen LogP contribution >= 0.6 is 0 Å². The van der Waals surface area contributed by atoms with E-state index < -0.39 is 5.97 Å². The topological polar surface area (TPSA) is 79.2 Å². The second-order valence-electron chi connectivity index (χ2n) is 5.47. The SMILES string of the molecule is Cc1ccc([C@@H](C)NC(=O)COC(=O)c2cccc(C#N)c2)cc1. The lowest BCUT2D eigenvalue weighted by Crippen LogP contribution is -2.31. The first kappa shape index (κ1) is 17.2. The summed E-state index contributed by atoms with van der Waals surface area (Å²) in [4.78, 5) is 23.8. The Balaban J connectivity index is 1.87. The lowest BCUT2D eigenvalue weighted by atomic mass is 10.1. The normalized spacial score (nSPS) is 11.2. The van der Waals surface area contributed by atoms with Gasteiger partial charge < -0.3 is 10.1 Å². The molecule has 0 aliphatic rings. The number of nitrogens with one attached hydrogen (secondary N) is 1. The van der Waals surface area contributed by atoms with E-state index in [1.807, 2.05) is 44.2 Å². The van der Waals surface area contributed by atoms with Crippen molar-refractivity contribution in [2.75, 3.05) is 6.61 Å². The fourth-order valence-corrected chi connectivity index (χ4v) is 2.15. The molecule has 0 fully saturated rings. The van der Waals surface area contributed by atoms with E-state index in [2.05, 4.69) is 5.32 Å². The maximum absolute atomic E-state index is 11.9. The predicted molar refractivity (Wildman–Crippen MR) is 89.2 cm³/mol. The van der Waals surface area contributed by atoms with Crippen LogP contribution in [0.2, 0.25) is 0 Å². The van der Waals surface area contributed by atoms with Crippen molar-refractivity contribution in [3.05, 3.63) is 70.8 Å². The molecule has 2 rings (SSSR count). The Kier molecular flexibility index (Phi) is 5.69. The van der Waals surface area contributed by atoms with E-state index in [4.69, 9.17) is 10.00 Å². The summed E-state index contributed by atoms with van der Waals surface area (Å²) < 4.78 is 4.98. The lowest BCUT2D eigenvalue weighted by Gasteiger charge is -2.14. The largest absolute Gasteiger partial charge is 0.452 e. The molecule has 0 radical (unpaired) electrons. The minimum Gasteiger partial charge on any atom is -0.452 e. The monoisotopic (exact) mass is 322 g/mol. The summed E-state index contributed by atoms with van der Waals surface area (Å²) in [5, 5.41) is 11.6. The van der Waals surface area contributed by atoms with Crippen molar-refractivity contribution in [2.24, 2.45) is 0 Å². The van der Waals surface area contributed by atoms with Gasteiger partial charge in [-0.05, 0) is 37.6 Å². The van der Waals surface area contributed by atoms with E-state index in [9.17, 15) is 9.59 Å². The van der Waals surface area contributed by atoms with Gasteiger partial charge >= 0.3 is 5.97 Å². The number of esters is 1. The molecule has 0 unspecified atom stereocenters. The molecule has 2 aromatic carbocycles. The summed E-state index contributed by atoms with van der Waals surface area (Å²) in [7, 11) is 0. The van der Waals surface area contributed by atoms with Crippen LogP contribution < -0.4 is 5.32 Å². The smallest absolute Gasteiger partial charge is 0.338 e. The molecule has 0 spiro atoms. The van der Waals surface area contributed by atoms with E-state index in [-0.39, 0.29) is 24.1 Å². The van der Waals surface area contributed by atoms with E-state index in [0.29, 0.717) is 5.56 Å². The van der Waals surface area contributed by atoms with Crippen molar-refractivity contribution >= 4 is 11.9 Å². The highest BCUT2D eigenvalue weighted by molar-refractivity contribution is 5.91. The highest BCUT2D eigenvalue weighted by Gasteiger charge is 2.13. The zero-order chi connectivity index (χ0) is 17.5. The van der Waals surface area contributed by atoms with Gasteiger partial charge in [0.1, 0.15) is 0 Å². The Hall–Kier alpha value is -3.13. The van der Waals surface area contributed by atoms with Gasteiger partial charge in [0.2, 0.25) is 0 Å². The van der Waals surface area contributed by atoms with Gasteiger partial charge in [-0.1, -0.05) is 35.9 Å². The summed E-state index contributed by atoms with van der Waals surface area (Å²) in [6.07, 6.45) is 0. The molecule has 1 amide bonds. The summed E-state index contributed by atoms with van der Waals surface area (Å²) in [6, 6.07) is 15.7. The second-order valence-corrected chi connectivity index (χ2v) is 5.47. The summed E-state index contributed by atoms with van der Waals surface area (Å²) in [5.74, 6) is -1.02. The Morgan fingerprint density at radius 3 is 2.58 bits per heavy atom. The molecule has 0 saturated heterocycles. The van der Waals surface area contributed by atoms with Crippen LogP contribution in [0.15, 0.2) is 48.5 Å². The van der Waals surface area contributed by atoms with Crippen molar-refractivity contribution in [1.82, 2.24) is 5.32 Å². The Morgan fingerprint density at radius 2 is 1.92 bits per heavy atom. The number of ether oxygens (including phenoxy) is 1. The van der Waals surface area contributed by atoms with Gasteiger partial charge in [-0.15, -0.1) is 0 Å². The standard InChI is InChI=1S/C19H18N2O3/c1-13-6-8-16(9-7-13)14(2)21-18(22)12-24-19(23)17-5-3-4-15(10-17)11-20/h3-10,14H,12H2,1-2H3,(H,21,22)/t14-/m1/s1.